The Hall–Kier alpha value is -2.18. The number of fused-ring (bicyclic) bond motifs is 3. The molecular formula is C19H16BrClN4O. The van der Waals surface area contributed by atoms with Crippen LogP contribution in [0.1, 0.15) is 19.5 Å². The monoisotopic (exact) mass is 430 g/mol. The van der Waals surface area contributed by atoms with Crippen LogP contribution in [0.25, 0.3) is 28.1 Å². The van der Waals surface area contributed by atoms with Gasteiger partial charge in [0.2, 0.25) is 0 Å². The standard InChI is InChI=1S/C19H16BrClN4O/c1-10(2)26-13-5-6-15(21)14(9-13)19-24-23-18-11(3)22-16-7-4-12(20)8-17(16)25(18)19/h4-10H,1-3H3. The summed E-state index contributed by atoms with van der Waals surface area (Å²) < 4.78 is 8.76. The van der Waals surface area contributed by atoms with Gasteiger partial charge in [-0.25, -0.2) is 4.98 Å². The maximum absolute atomic E-state index is 6.49. The van der Waals surface area contributed by atoms with Crippen molar-refractivity contribution in [3.63, 3.8) is 0 Å². The molecule has 0 saturated carbocycles. The first-order chi connectivity index (χ1) is 12.4. The van der Waals surface area contributed by atoms with Crippen molar-refractivity contribution in [2.45, 2.75) is 26.9 Å². The van der Waals surface area contributed by atoms with Gasteiger partial charge in [0.15, 0.2) is 11.5 Å². The molecule has 0 radical (unpaired) electrons. The topological polar surface area (TPSA) is 52.3 Å². The molecule has 0 aliphatic carbocycles. The number of hydrogen-bond donors (Lipinski definition) is 0. The smallest absolute Gasteiger partial charge is 0.183 e. The molecule has 0 spiro atoms. The molecule has 0 aliphatic rings. The van der Waals surface area contributed by atoms with Gasteiger partial charge in [-0.05, 0) is 57.2 Å². The molecule has 26 heavy (non-hydrogen) atoms. The summed E-state index contributed by atoms with van der Waals surface area (Å²) in [4.78, 5) is 4.63. The average molecular weight is 432 g/mol. The number of hydrogen-bond acceptors (Lipinski definition) is 4. The number of halogens is 2. The molecule has 0 aliphatic heterocycles. The van der Waals surface area contributed by atoms with Gasteiger partial charge >= 0.3 is 0 Å². The molecular weight excluding hydrogens is 416 g/mol. The highest BCUT2D eigenvalue weighted by molar-refractivity contribution is 9.10. The zero-order valence-electron chi connectivity index (χ0n) is 14.5. The molecule has 2 heterocycles. The van der Waals surface area contributed by atoms with E-state index >= 15 is 0 Å². The Morgan fingerprint density at radius 1 is 1.12 bits per heavy atom. The number of aromatic nitrogens is 4. The second kappa shape index (κ2) is 6.52. The maximum Gasteiger partial charge on any atom is 0.183 e. The van der Waals surface area contributed by atoms with Crippen molar-refractivity contribution in [1.29, 1.82) is 0 Å². The predicted molar refractivity (Wildman–Crippen MR) is 107 cm³/mol. The average Bonchev–Trinajstić information content (AvgIpc) is 3.03. The van der Waals surface area contributed by atoms with Gasteiger partial charge in [0.1, 0.15) is 5.75 Å². The lowest BCUT2D eigenvalue weighted by atomic mass is 10.2. The molecule has 0 bridgehead atoms. The Morgan fingerprint density at radius 3 is 2.69 bits per heavy atom. The third-order valence-electron chi connectivity index (χ3n) is 4.00. The molecule has 0 saturated heterocycles. The molecule has 0 atom stereocenters. The highest BCUT2D eigenvalue weighted by Crippen LogP contribution is 2.33. The number of benzene rings is 2. The SMILES string of the molecule is Cc1nc2ccc(Br)cc2n2c(-c3cc(OC(C)C)ccc3Cl)nnc12. The molecule has 0 fully saturated rings. The second-order valence-corrected chi connectivity index (χ2v) is 7.64. The van der Waals surface area contributed by atoms with Crippen LogP contribution in [-0.2, 0) is 0 Å². The summed E-state index contributed by atoms with van der Waals surface area (Å²) in [6.07, 6.45) is 0.0717. The highest BCUT2D eigenvalue weighted by Gasteiger charge is 2.17. The number of ether oxygens (including phenoxy) is 1. The van der Waals surface area contributed by atoms with E-state index in [0.29, 0.717) is 16.5 Å². The van der Waals surface area contributed by atoms with Crippen molar-refractivity contribution >= 4 is 44.2 Å². The molecule has 7 heteroatoms. The minimum atomic E-state index is 0.0717. The molecule has 0 unspecified atom stereocenters. The van der Waals surface area contributed by atoms with Gasteiger partial charge in [0, 0.05) is 10.0 Å². The Morgan fingerprint density at radius 2 is 1.92 bits per heavy atom. The number of aryl methyl sites for hydroxylation is 1. The highest BCUT2D eigenvalue weighted by atomic mass is 79.9. The van der Waals surface area contributed by atoms with Crippen molar-refractivity contribution in [2.75, 3.05) is 0 Å². The summed E-state index contributed by atoms with van der Waals surface area (Å²) in [6.45, 7) is 5.90. The molecule has 2 aromatic carbocycles. The number of nitrogens with zero attached hydrogens (tertiary/aromatic N) is 4. The van der Waals surface area contributed by atoms with Gasteiger partial charge in [0.05, 0.1) is 27.9 Å². The van der Waals surface area contributed by atoms with E-state index in [4.69, 9.17) is 16.3 Å². The lowest BCUT2D eigenvalue weighted by Crippen LogP contribution is -2.05. The van der Waals surface area contributed by atoms with Crippen molar-refractivity contribution in [1.82, 2.24) is 19.6 Å². The van der Waals surface area contributed by atoms with Crippen LogP contribution >= 0.6 is 27.5 Å². The van der Waals surface area contributed by atoms with Crippen molar-refractivity contribution in [3.05, 3.63) is 51.6 Å². The van der Waals surface area contributed by atoms with E-state index < -0.39 is 0 Å². The second-order valence-electron chi connectivity index (χ2n) is 6.32. The van der Waals surface area contributed by atoms with Crippen LogP contribution < -0.4 is 4.74 Å². The molecule has 4 aromatic rings. The lowest BCUT2D eigenvalue weighted by Gasteiger charge is -2.12. The fraction of sp³-hybridized carbons (Fsp3) is 0.211. The quantitative estimate of drug-likeness (QED) is 0.432. The first-order valence-corrected chi connectivity index (χ1v) is 9.38. The first kappa shape index (κ1) is 17.2. The van der Waals surface area contributed by atoms with Gasteiger partial charge in [-0.2, -0.15) is 0 Å². The van der Waals surface area contributed by atoms with Crippen LogP contribution in [0.4, 0.5) is 0 Å². The molecule has 2 aromatic heterocycles. The molecule has 4 rings (SSSR count). The summed E-state index contributed by atoms with van der Waals surface area (Å²) in [5.41, 5.74) is 4.06. The van der Waals surface area contributed by atoms with Crippen LogP contribution in [0.5, 0.6) is 5.75 Å². The maximum atomic E-state index is 6.49. The molecule has 132 valence electrons. The Kier molecular flexibility index (Phi) is 4.32. The van der Waals surface area contributed by atoms with Crippen LogP contribution in [0.3, 0.4) is 0 Å². The third-order valence-corrected chi connectivity index (χ3v) is 4.83. The minimum absolute atomic E-state index is 0.0717. The van der Waals surface area contributed by atoms with Crippen molar-refractivity contribution in [2.24, 2.45) is 0 Å². The van der Waals surface area contributed by atoms with E-state index in [0.717, 1.165) is 32.5 Å². The summed E-state index contributed by atoms with van der Waals surface area (Å²) in [6, 6.07) is 11.5. The zero-order chi connectivity index (χ0) is 18.4. The van der Waals surface area contributed by atoms with E-state index in [-0.39, 0.29) is 6.10 Å². The van der Waals surface area contributed by atoms with Gasteiger partial charge in [-0.1, -0.05) is 27.5 Å². The summed E-state index contributed by atoms with van der Waals surface area (Å²) in [7, 11) is 0. The van der Waals surface area contributed by atoms with E-state index in [1.54, 1.807) is 0 Å². The fourth-order valence-corrected chi connectivity index (χ4v) is 3.49. The van der Waals surface area contributed by atoms with Gasteiger partial charge < -0.3 is 4.74 Å². The summed E-state index contributed by atoms with van der Waals surface area (Å²) in [5.74, 6) is 1.40. The van der Waals surface area contributed by atoms with Gasteiger partial charge in [-0.3, -0.25) is 4.40 Å². The predicted octanol–water partition coefficient (Wildman–Crippen LogP) is 5.46. The first-order valence-electron chi connectivity index (χ1n) is 8.21. The van der Waals surface area contributed by atoms with Crippen molar-refractivity contribution in [3.8, 4) is 17.1 Å². The van der Waals surface area contributed by atoms with Crippen LogP contribution in [0.2, 0.25) is 5.02 Å². The van der Waals surface area contributed by atoms with Gasteiger partial charge in [-0.15, -0.1) is 10.2 Å². The minimum Gasteiger partial charge on any atom is -0.491 e. The van der Waals surface area contributed by atoms with E-state index in [2.05, 4.69) is 31.1 Å². The van der Waals surface area contributed by atoms with Crippen LogP contribution in [0, 0.1) is 6.92 Å². The van der Waals surface area contributed by atoms with Gasteiger partial charge in [0.25, 0.3) is 0 Å². The van der Waals surface area contributed by atoms with E-state index in [1.807, 2.05) is 61.6 Å². The largest absolute Gasteiger partial charge is 0.491 e. The lowest BCUT2D eigenvalue weighted by molar-refractivity contribution is 0.242. The molecule has 5 nitrogen and oxygen atoms in total. The third kappa shape index (κ3) is 2.93. The Balaban J connectivity index is 2.04. The normalized spacial score (nSPS) is 11.6. The van der Waals surface area contributed by atoms with E-state index in [9.17, 15) is 0 Å². The zero-order valence-corrected chi connectivity index (χ0v) is 16.8. The Labute approximate surface area is 164 Å². The van der Waals surface area contributed by atoms with Crippen LogP contribution in [0.15, 0.2) is 40.9 Å². The van der Waals surface area contributed by atoms with Crippen molar-refractivity contribution < 1.29 is 4.74 Å². The molecule has 0 amide bonds. The van der Waals surface area contributed by atoms with Crippen LogP contribution in [-0.4, -0.2) is 25.7 Å². The Bertz CT molecular complexity index is 1140. The fourth-order valence-electron chi connectivity index (χ4n) is 2.94. The molecule has 0 N–H and O–H groups in total. The summed E-state index contributed by atoms with van der Waals surface area (Å²) in [5, 5.41) is 9.34. The summed E-state index contributed by atoms with van der Waals surface area (Å²) >= 11 is 10.0. The van der Waals surface area contributed by atoms with E-state index in [1.165, 1.54) is 0 Å². The number of rotatable bonds is 3.